The van der Waals surface area contributed by atoms with E-state index in [4.69, 9.17) is 5.73 Å². The van der Waals surface area contributed by atoms with Gasteiger partial charge in [-0.05, 0) is 24.0 Å². The van der Waals surface area contributed by atoms with Crippen LogP contribution >= 0.6 is 0 Å². The quantitative estimate of drug-likeness (QED) is 0.857. The van der Waals surface area contributed by atoms with Crippen LogP contribution in [0, 0.1) is 5.92 Å². The van der Waals surface area contributed by atoms with Gasteiger partial charge in [-0.25, -0.2) is 0 Å². The van der Waals surface area contributed by atoms with E-state index in [1.165, 1.54) is 0 Å². The number of carbonyl (C=O) groups is 2. The lowest BCUT2D eigenvalue weighted by atomic mass is 9.75. The Kier molecular flexibility index (Phi) is 5.39. The van der Waals surface area contributed by atoms with Crippen LogP contribution in [0.1, 0.15) is 31.9 Å². The van der Waals surface area contributed by atoms with Crippen molar-refractivity contribution in [2.24, 2.45) is 11.7 Å². The highest BCUT2D eigenvalue weighted by Gasteiger charge is 2.39. The van der Waals surface area contributed by atoms with Crippen LogP contribution in [0.25, 0.3) is 0 Å². The fourth-order valence-corrected chi connectivity index (χ4v) is 2.82. The summed E-state index contributed by atoms with van der Waals surface area (Å²) in [5.74, 6) is -0.846. The fraction of sp³-hybridized carbons (Fsp3) is 0.300. The molecule has 2 aromatic rings. The van der Waals surface area contributed by atoms with E-state index in [0.29, 0.717) is 0 Å². The number of amides is 2. The summed E-state index contributed by atoms with van der Waals surface area (Å²) in [5.41, 5.74) is 6.26. The lowest BCUT2D eigenvalue weighted by molar-refractivity contribution is -0.130. The van der Waals surface area contributed by atoms with E-state index in [1.54, 1.807) is 0 Å². The second-order valence-electron chi connectivity index (χ2n) is 6.45. The molecule has 0 saturated heterocycles. The van der Waals surface area contributed by atoms with Gasteiger partial charge in [-0.15, -0.1) is 0 Å². The van der Waals surface area contributed by atoms with Crippen LogP contribution < -0.4 is 11.1 Å². The average Bonchev–Trinajstić information content (AvgIpc) is 2.59. The highest BCUT2D eigenvalue weighted by molar-refractivity contribution is 5.95. The number of nitrogens with two attached hydrogens (primary N) is 1. The first-order chi connectivity index (χ1) is 11.4. The molecular formula is C20H24N2O2. The first kappa shape index (κ1) is 17.7. The highest BCUT2D eigenvalue weighted by atomic mass is 16.2. The van der Waals surface area contributed by atoms with Crippen molar-refractivity contribution < 1.29 is 9.59 Å². The summed E-state index contributed by atoms with van der Waals surface area (Å²) in [7, 11) is 0. The molecule has 3 N–H and O–H groups in total. The van der Waals surface area contributed by atoms with Crippen LogP contribution in [0.2, 0.25) is 0 Å². The minimum atomic E-state index is -0.912. The number of carbonyl (C=O) groups excluding carboxylic acids is 2. The van der Waals surface area contributed by atoms with E-state index in [-0.39, 0.29) is 11.8 Å². The molecule has 24 heavy (non-hydrogen) atoms. The number of rotatable bonds is 6. The van der Waals surface area contributed by atoms with Crippen LogP contribution in [0.4, 0.5) is 0 Å². The van der Waals surface area contributed by atoms with Gasteiger partial charge in [0.1, 0.15) is 6.04 Å². The third-order valence-electron chi connectivity index (χ3n) is 4.42. The molecule has 0 aromatic heterocycles. The summed E-state index contributed by atoms with van der Waals surface area (Å²) in [5, 5.41) is 2.84. The summed E-state index contributed by atoms with van der Waals surface area (Å²) < 4.78 is 0. The molecule has 126 valence electrons. The Morgan fingerprint density at radius 3 is 1.67 bits per heavy atom. The Balaban J connectivity index is 2.48. The maximum absolute atomic E-state index is 13.2. The van der Waals surface area contributed by atoms with Gasteiger partial charge in [0, 0.05) is 0 Å². The van der Waals surface area contributed by atoms with Gasteiger partial charge in [-0.1, -0.05) is 74.5 Å². The minimum Gasteiger partial charge on any atom is -0.368 e. The Bertz CT molecular complexity index is 657. The molecule has 4 nitrogen and oxygen atoms in total. The zero-order valence-corrected chi connectivity index (χ0v) is 14.3. The Hall–Kier alpha value is -2.62. The summed E-state index contributed by atoms with van der Waals surface area (Å²) >= 11 is 0. The van der Waals surface area contributed by atoms with E-state index in [9.17, 15) is 9.59 Å². The lowest BCUT2D eigenvalue weighted by Crippen LogP contribution is -2.53. The summed E-state index contributed by atoms with van der Waals surface area (Å²) in [4.78, 5) is 24.9. The van der Waals surface area contributed by atoms with E-state index in [2.05, 4.69) is 5.32 Å². The molecule has 0 aliphatic rings. The molecule has 0 bridgehead atoms. The van der Waals surface area contributed by atoms with Gasteiger partial charge in [0.25, 0.3) is 0 Å². The smallest absolute Gasteiger partial charge is 0.240 e. The molecule has 0 fully saturated rings. The predicted molar refractivity (Wildman–Crippen MR) is 95.3 cm³/mol. The predicted octanol–water partition coefficient (Wildman–Crippen LogP) is 2.62. The largest absolute Gasteiger partial charge is 0.368 e. The van der Waals surface area contributed by atoms with E-state index in [1.807, 2.05) is 81.4 Å². The number of benzene rings is 2. The van der Waals surface area contributed by atoms with Crippen molar-refractivity contribution >= 4 is 11.8 Å². The first-order valence-corrected chi connectivity index (χ1v) is 8.08. The lowest BCUT2D eigenvalue weighted by Gasteiger charge is -2.32. The first-order valence-electron chi connectivity index (χ1n) is 8.08. The highest BCUT2D eigenvalue weighted by Crippen LogP contribution is 2.32. The molecule has 2 aromatic carbocycles. The van der Waals surface area contributed by atoms with Crippen LogP contribution in [-0.4, -0.2) is 17.9 Å². The third-order valence-corrected chi connectivity index (χ3v) is 4.42. The Morgan fingerprint density at radius 2 is 1.33 bits per heavy atom. The molecular weight excluding hydrogens is 300 g/mol. The molecule has 0 heterocycles. The van der Waals surface area contributed by atoms with E-state index < -0.39 is 17.4 Å². The van der Waals surface area contributed by atoms with Crippen molar-refractivity contribution in [2.45, 2.75) is 32.2 Å². The molecule has 0 aliphatic carbocycles. The van der Waals surface area contributed by atoms with E-state index in [0.717, 1.165) is 11.1 Å². The van der Waals surface area contributed by atoms with Crippen molar-refractivity contribution in [3.8, 4) is 0 Å². The minimum absolute atomic E-state index is 0.0813. The van der Waals surface area contributed by atoms with Gasteiger partial charge in [0.05, 0.1) is 5.41 Å². The topological polar surface area (TPSA) is 72.2 Å². The number of hydrogen-bond acceptors (Lipinski definition) is 2. The maximum atomic E-state index is 13.2. The summed E-state index contributed by atoms with van der Waals surface area (Å²) in [6.07, 6.45) is 0. The van der Waals surface area contributed by atoms with Gasteiger partial charge >= 0.3 is 0 Å². The van der Waals surface area contributed by atoms with Gasteiger partial charge in [-0.3, -0.25) is 9.59 Å². The molecule has 0 unspecified atom stereocenters. The molecule has 2 rings (SSSR count). The van der Waals surface area contributed by atoms with Crippen molar-refractivity contribution in [3.05, 3.63) is 71.8 Å². The zero-order chi connectivity index (χ0) is 17.7. The van der Waals surface area contributed by atoms with E-state index >= 15 is 0 Å². The molecule has 0 aliphatic heterocycles. The van der Waals surface area contributed by atoms with Crippen molar-refractivity contribution in [3.63, 3.8) is 0 Å². The second kappa shape index (κ2) is 7.30. The number of hydrogen-bond donors (Lipinski definition) is 2. The van der Waals surface area contributed by atoms with Gasteiger partial charge < -0.3 is 11.1 Å². The molecule has 2 amide bonds. The Labute approximate surface area is 143 Å². The molecule has 0 saturated carbocycles. The molecule has 1 atom stereocenters. The van der Waals surface area contributed by atoms with Crippen LogP contribution in [-0.2, 0) is 15.0 Å². The molecule has 4 heteroatoms. The normalized spacial score (nSPS) is 12.7. The third kappa shape index (κ3) is 3.48. The van der Waals surface area contributed by atoms with Crippen molar-refractivity contribution in [1.82, 2.24) is 5.32 Å². The number of nitrogens with one attached hydrogen (secondary N) is 1. The van der Waals surface area contributed by atoms with Gasteiger partial charge in [-0.2, -0.15) is 0 Å². The summed E-state index contributed by atoms with van der Waals surface area (Å²) in [6.45, 7) is 5.58. The molecule has 0 radical (unpaired) electrons. The Morgan fingerprint density at radius 1 is 0.917 bits per heavy atom. The monoisotopic (exact) mass is 324 g/mol. The van der Waals surface area contributed by atoms with Gasteiger partial charge in [0.2, 0.25) is 11.8 Å². The SMILES string of the molecule is CC(C)[C@@H](NC(=O)C(C)(c1ccccc1)c1ccccc1)C(N)=O. The van der Waals surface area contributed by atoms with Crippen LogP contribution in [0.5, 0.6) is 0 Å². The maximum Gasteiger partial charge on any atom is 0.240 e. The van der Waals surface area contributed by atoms with Gasteiger partial charge in [0.15, 0.2) is 0 Å². The number of primary amides is 1. The van der Waals surface area contributed by atoms with Crippen LogP contribution in [0.3, 0.4) is 0 Å². The van der Waals surface area contributed by atoms with Crippen LogP contribution in [0.15, 0.2) is 60.7 Å². The second-order valence-corrected chi connectivity index (χ2v) is 6.45. The van der Waals surface area contributed by atoms with Crippen molar-refractivity contribution in [1.29, 1.82) is 0 Å². The molecule has 0 spiro atoms. The average molecular weight is 324 g/mol. The fourth-order valence-electron chi connectivity index (χ4n) is 2.82. The standard InChI is InChI=1S/C20H24N2O2/c1-14(2)17(18(21)23)22-19(24)20(3,15-10-6-4-7-11-15)16-12-8-5-9-13-16/h4-14,17H,1-3H3,(H2,21,23)(H,22,24)/t17-/m1/s1. The summed E-state index contributed by atoms with van der Waals surface area (Å²) in [6, 6.07) is 18.4. The van der Waals surface area contributed by atoms with Crippen molar-refractivity contribution in [2.75, 3.05) is 0 Å². The zero-order valence-electron chi connectivity index (χ0n) is 14.3.